The predicted molar refractivity (Wildman–Crippen MR) is 63.7 cm³/mol. The van der Waals surface area contributed by atoms with Crippen LogP contribution >= 0.6 is 0 Å². The summed E-state index contributed by atoms with van der Waals surface area (Å²) in [6.45, 7) is 5.37. The van der Waals surface area contributed by atoms with Crippen LogP contribution in [0.15, 0.2) is 24.3 Å². The highest BCUT2D eigenvalue weighted by Gasteiger charge is 2.33. The molecule has 1 heterocycles. The highest BCUT2D eigenvalue weighted by Crippen LogP contribution is 2.37. The molecule has 0 aromatic heterocycles. The zero-order chi connectivity index (χ0) is 10.9. The van der Waals surface area contributed by atoms with Gasteiger partial charge in [-0.05, 0) is 25.5 Å². The lowest BCUT2D eigenvalue weighted by Gasteiger charge is -2.41. The van der Waals surface area contributed by atoms with Crippen LogP contribution in [0.2, 0.25) is 0 Å². The summed E-state index contributed by atoms with van der Waals surface area (Å²) in [5, 5.41) is 0. The summed E-state index contributed by atoms with van der Waals surface area (Å²) in [6.07, 6.45) is 2.26. The highest BCUT2D eigenvalue weighted by atomic mass is 16.5. The van der Waals surface area contributed by atoms with Crippen molar-refractivity contribution in [1.29, 1.82) is 0 Å². The van der Waals surface area contributed by atoms with E-state index < -0.39 is 0 Å². The van der Waals surface area contributed by atoms with Crippen molar-refractivity contribution in [2.24, 2.45) is 0 Å². The number of hydrogen-bond donors (Lipinski definition) is 0. The zero-order valence-corrected chi connectivity index (χ0v) is 9.79. The van der Waals surface area contributed by atoms with Crippen molar-refractivity contribution in [3.05, 3.63) is 24.3 Å². The summed E-state index contributed by atoms with van der Waals surface area (Å²) < 4.78 is 6.09. The van der Waals surface area contributed by atoms with Crippen LogP contribution in [0, 0.1) is 0 Å². The first-order chi connectivity index (χ1) is 7.14. The summed E-state index contributed by atoms with van der Waals surface area (Å²) in [6, 6.07) is 8.26. The van der Waals surface area contributed by atoms with Crippen LogP contribution < -0.4 is 9.64 Å². The molecular weight excluding hydrogens is 186 g/mol. The molecule has 0 bridgehead atoms. The topological polar surface area (TPSA) is 12.5 Å². The molecule has 1 aromatic rings. The molecule has 0 spiro atoms. The van der Waals surface area contributed by atoms with Crippen molar-refractivity contribution in [2.45, 2.75) is 32.3 Å². The van der Waals surface area contributed by atoms with Crippen molar-refractivity contribution >= 4 is 5.69 Å². The van der Waals surface area contributed by atoms with Gasteiger partial charge in [-0.3, -0.25) is 0 Å². The van der Waals surface area contributed by atoms with Gasteiger partial charge < -0.3 is 9.64 Å². The average molecular weight is 205 g/mol. The fourth-order valence-corrected chi connectivity index (χ4v) is 2.40. The van der Waals surface area contributed by atoms with Crippen LogP contribution in [-0.2, 0) is 0 Å². The molecule has 15 heavy (non-hydrogen) atoms. The van der Waals surface area contributed by atoms with Crippen LogP contribution in [0.25, 0.3) is 0 Å². The quantitative estimate of drug-likeness (QED) is 0.735. The molecule has 0 saturated carbocycles. The van der Waals surface area contributed by atoms with Gasteiger partial charge in [-0.1, -0.05) is 25.5 Å². The third-order valence-electron chi connectivity index (χ3n) is 2.98. The zero-order valence-electron chi connectivity index (χ0n) is 9.79. The Morgan fingerprint density at radius 3 is 2.87 bits per heavy atom. The number of fused-ring (bicyclic) bond motifs is 1. The molecule has 0 amide bonds. The first-order valence-electron chi connectivity index (χ1n) is 5.64. The number of likely N-dealkylation sites (N-methyl/N-ethyl adjacent to an activating group) is 1. The van der Waals surface area contributed by atoms with E-state index in [9.17, 15) is 0 Å². The van der Waals surface area contributed by atoms with E-state index in [-0.39, 0.29) is 5.60 Å². The summed E-state index contributed by atoms with van der Waals surface area (Å²) in [5.74, 6) is 1.02. The minimum Gasteiger partial charge on any atom is -0.484 e. The third-order valence-corrected chi connectivity index (χ3v) is 2.98. The second-order valence-electron chi connectivity index (χ2n) is 4.63. The van der Waals surface area contributed by atoms with Gasteiger partial charge in [0.2, 0.25) is 0 Å². The molecule has 1 aliphatic rings. The standard InChI is InChI=1S/C13H19NO/c1-4-9-13(2)10-14(3)11-7-5-6-8-12(11)15-13/h5-8H,4,9-10H2,1-3H3. The molecule has 2 nitrogen and oxygen atoms in total. The molecule has 0 saturated heterocycles. The van der Waals surface area contributed by atoms with Crippen molar-refractivity contribution in [3.63, 3.8) is 0 Å². The van der Waals surface area contributed by atoms with Crippen LogP contribution in [0.4, 0.5) is 5.69 Å². The monoisotopic (exact) mass is 205 g/mol. The van der Waals surface area contributed by atoms with Gasteiger partial charge in [0.1, 0.15) is 11.4 Å². The summed E-state index contributed by atoms with van der Waals surface area (Å²) in [7, 11) is 2.13. The fraction of sp³-hybridized carbons (Fsp3) is 0.538. The Kier molecular flexibility index (Phi) is 2.59. The first-order valence-corrected chi connectivity index (χ1v) is 5.64. The predicted octanol–water partition coefficient (Wildman–Crippen LogP) is 3.07. The molecule has 0 aliphatic carbocycles. The maximum atomic E-state index is 6.09. The maximum absolute atomic E-state index is 6.09. The van der Waals surface area contributed by atoms with Crippen LogP contribution in [0.5, 0.6) is 5.75 Å². The van der Waals surface area contributed by atoms with Crippen molar-refractivity contribution < 1.29 is 4.74 Å². The molecule has 0 N–H and O–H groups in total. The lowest BCUT2D eigenvalue weighted by atomic mass is 9.97. The molecular formula is C13H19NO. The van der Waals surface area contributed by atoms with E-state index in [1.807, 2.05) is 6.07 Å². The summed E-state index contributed by atoms with van der Waals surface area (Å²) >= 11 is 0. The van der Waals surface area contributed by atoms with E-state index in [1.54, 1.807) is 0 Å². The Bertz CT molecular complexity index is 350. The van der Waals surface area contributed by atoms with Gasteiger partial charge in [0.15, 0.2) is 0 Å². The largest absolute Gasteiger partial charge is 0.484 e. The SMILES string of the molecule is CCCC1(C)CN(C)c2ccccc2O1. The Balaban J connectivity index is 2.29. The van der Waals surface area contributed by atoms with E-state index in [4.69, 9.17) is 4.74 Å². The molecule has 1 aromatic carbocycles. The smallest absolute Gasteiger partial charge is 0.143 e. The van der Waals surface area contributed by atoms with E-state index in [2.05, 4.69) is 44.0 Å². The third kappa shape index (κ3) is 1.94. The molecule has 2 heteroatoms. The van der Waals surface area contributed by atoms with Gasteiger partial charge in [0.25, 0.3) is 0 Å². The Morgan fingerprint density at radius 1 is 1.40 bits per heavy atom. The van der Waals surface area contributed by atoms with Gasteiger partial charge >= 0.3 is 0 Å². The molecule has 2 rings (SSSR count). The second-order valence-corrected chi connectivity index (χ2v) is 4.63. The van der Waals surface area contributed by atoms with Gasteiger partial charge in [-0.2, -0.15) is 0 Å². The van der Waals surface area contributed by atoms with Crippen molar-refractivity contribution in [1.82, 2.24) is 0 Å². The van der Waals surface area contributed by atoms with Gasteiger partial charge in [-0.15, -0.1) is 0 Å². The number of rotatable bonds is 2. The first kappa shape index (κ1) is 10.3. The number of anilines is 1. The number of ether oxygens (including phenoxy) is 1. The fourth-order valence-electron chi connectivity index (χ4n) is 2.40. The lowest BCUT2D eigenvalue weighted by Crippen LogP contribution is -2.47. The molecule has 1 unspecified atom stereocenters. The second kappa shape index (κ2) is 3.76. The molecule has 0 fully saturated rings. The minimum absolute atomic E-state index is 0.0299. The molecule has 1 aliphatic heterocycles. The summed E-state index contributed by atoms with van der Waals surface area (Å²) in [4.78, 5) is 2.29. The maximum Gasteiger partial charge on any atom is 0.143 e. The minimum atomic E-state index is -0.0299. The van der Waals surface area contributed by atoms with Crippen molar-refractivity contribution in [2.75, 3.05) is 18.5 Å². The Labute approximate surface area is 91.9 Å². The molecule has 82 valence electrons. The van der Waals surface area contributed by atoms with Gasteiger partial charge in [0.05, 0.1) is 12.2 Å². The van der Waals surface area contributed by atoms with Gasteiger partial charge in [0, 0.05) is 7.05 Å². The van der Waals surface area contributed by atoms with Crippen LogP contribution in [-0.4, -0.2) is 19.2 Å². The highest BCUT2D eigenvalue weighted by molar-refractivity contribution is 5.60. The van der Waals surface area contributed by atoms with E-state index >= 15 is 0 Å². The van der Waals surface area contributed by atoms with Crippen LogP contribution in [0.1, 0.15) is 26.7 Å². The van der Waals surface area contributed by atoms with Gasteiger partial charge in [-0.25, -0.2) is 0 Å². The van der Waals surface area contributed by atoms with E-state index in [0.717, 1.165) is 25.1 Å². The average Bonchev–Trinajstić information content (AvgIpc) is 2.17. The molecule has 1 atom stereocenters. The number of para-hydroxylation sites is 2. The molecule has 0 radical (unpaired) electrons. The van der Waals surface area contributed by atoms with Crippen LogP contribution in [0.3, 0.4) is 0 Å². The summed E-state index contributed by atoms with van der Waals surface area (Å²) in [5.41, 5.74) is 1.17. The van der Waals surface area contributed by atoms with E-state index in [0.29, 0.717) is 0 Å². The normalized spacial score (nSPS) is 24.6. The van der Waals surface area contributed by atoms with E-state index in [1.165, 1.54) is 5.69 Å². The number of benzene rings is 1. The Hall–Kier alpha value is -1.18. The number of nitrogens with zero attached hydrogens (tertiary/aromatic N) is 1. The van der Waals surface area contributed by atoms with Crippen molar-refractivity contribution in [3.8, 4) is 5.75 Å². The number of hydrogen-bond acceptors (Lipinski definition) is 2. The Morgan fingerprint density at radius 2 is 2.13 bits per heavy atom. The lowest BCUT2D eigenvalue weighted by molar-refractivity contribution is 0.0766.